The first kappa shape index (κ1) is 23.1. The SMILES string of the molecule is COc1ccc(CN(CCc2ccc(NS(C)(=O)=O)cc2)Cc2ccc(Cl)cc2)cc1. The molecule has 3 aromatic rings. The number of nitrogens with zero attached hydrogens (tertiary/aromatic N) is 1. The van der Waals surface area contributed by atoms with Crippen LogP contribution in [0, 0.1) is 0 Å². The van der Waals surface area contributed by atoms with E-state index in [0.29, 0.717) is 5.69 Å². The molecule has 5 nitrogen and oxygen atoms in total. The number of sulfonamides is 1. The molecule has 3 aromatic carbocycles. The lowest BCUT2D eigenvalue weighted by Gasteiger charge is -2.23. The fraction of sp³-hybridized carbons (Fsp3) is 0.250. The largest absolute Gasteiger partial charge is 0.497 e. The molecular formula is C24H27ClN2O3S. The van der Waals surface area contributed by atoms with Crippen LogP contribution in [0.4, 0.5) is 5.69 Å². The van der Waals surface area contributed by atoms with Gasteiger partial charge in [0.05, 0.1) is 13.4 Å². The summed E-state index contributed by atoms with van der Waals surface area (Å²) in [6.07, 6.45) is 2.00. The highest BCUT2D eigenvalue weighted by Crippen LogP contribution is 2.18. The zero-order chi connectivity index (χ0) is 22.3. The van der Waals surface area contributed by atoms with Crippen molar-refractivity contribution < 1.29 is 13.2 Å². The van der Waals surface area contributed by atoms with Gasteiger partial charge in [0.15, 0.2) is 0 Å². The maximum atomic E-state index is 11.4. The van der Waals surface area contributed by atoms with Crippen molar-refractivity contribution in [3.8, 4) is 5.75 Å². The lowest BCUT2D eigenvalue weighted by atomic mass is 10.1. The van der Waals surface area contributed by atoms with Crippen LogP contribution in [0.3, 0.4) is 0 Å². The minimum Gasteiger partial charge on any atom is -0.497 e. The van der Waals surface area contributed by atoms with Crippen molar-refractivity contribution in [2.45, 2.75) is 19.5 Å². The molecule has 0 aliphatic heterocycles. The number of nitrogens with one attached hydrogen (secondary N) is 1. The first-order valence-corrected chi connectivity index (χ1v) is 12.2. The van der Waals surface area contributed by atoms with E-state index >= 15 is 0 Å². The molecule has 0 saturated carbocycles. The molecule has 0 aliphatic rings. The fourth-order valence-electron chi connectivity index (χ4n) is 3.29. The van der Waals surface area contributed by atoms with Gasteiger partial charge in [0.2, 0.25) is 10.0 Å². The van der Waals surface area contributed by atoms with E-state index in [4.69, 9.17) is 16.3 Å². The number of hydrogen-bond acceptors (Lipinski definition) is 4. The Morgan fingerprint density at radius 2 is 1.35 bits per heavy atom. The predicted octanol–water partition coefficient (Wildman–Crippen LogP) is 4.97. The van der Waals surface area contributed by atoms with Gasteiger partial charge in [0, 0.05) is 30.3 Å². The van der Waals surface area contributed by atoms with Gasteiger partial charge >= 0.3 is 0 Å². The van der Waals surface area contributed by atoms with Crippen molar-refractivity contribution in [2.75, 3.05) is 24.6 Å². The Bertz CT molecular complexity index is 1070. The summed E-state index contributed by atoms with van der Waals surface area (Å²) >= 11 is 6.03. The van der Waals surface area contributed by atoms with E-state index in [0.717, 1.165) is 48.6 Å². The standard InChI is InChI=1S/C24H27ClN2O3S/c1-30-24-13-7-21(8-14-24)18-27(17-20-3-9-22(25)10-4-20)16-15-19-5-11-23(12-6-19)26-31(2,28)29/h3-14,26H,15-18H2,1-2H3. The molecule has 7 heteroatoms. The third-order valence-corrected chi connectivity index (χ3v) is 5.72. The van der Waals surface area contributed by atoms with Gasteiger partial charge in [-0.15, -0.1) is 0 Å². The smallest absolute Gasteiger partial charge is 0.229 e. The molecule has 0 saturated heterocycles. The number of anilines is 1. The van der Waals surface area contributed by atoms with Gasteiger partial charge in [-0.05, 0) is 59.5 Å². The summed E-state index contributed by atoms with van der Waals surface area (Å²) in [5, 5.41) is 0.730. The van der Waals surface area contributed by atoms with E-state index in [9.17, 15) is 8.42 Å². The summed E-state index contributed by atoms with van der Waals surface area (Å²) in [7, 11) is -1.60. The highest BCUT2D eigenvalue weighted by atomic mass is 35.5. The zero-order valence-electron chi connectivity index (χ0n) is 17.7. The molecule has 0 bridgehead atoms. The Balaban J connectivity index is 1.68. The summed E-state index contributed by atoms with van der Waals surface area (Å²) in [4.78, 5) is 2.38. The molecule has 0 spiro atoms. The molecular weight excluding hydrogens is 432 g/mol. The van der Waals surface area contributed by atoms with Gasteiger partial charge in [-0.1, -0.05) is 48.0 Å². The van der Waals surface area contributed by atoms with Crippen molar-refractivity contribution in [2.24, 2.45) is 0 Å². The molecule has 164 valence electrons. The van der Waals surface area contributed by atoms with Crippen LogP contribution >= 0.6 is 11.6 Å². The normalized spacial score (nSPS) is 11.5. The van der Waals surface area contributed by atoms with Crippen LogP contribution in [0.1, 0.15) is 16.7 Å². The molecule has 0 fully saturated rings. The summed E-state index contributed by atoms with van der Waals surface area (Å²) < 4.78 is 30.5. The monoisotopic (exact) mass is 458 g/mol. The van der Waals surface area contributed by atoms with E-state index in [1.807, 2.05) is 36.4 Å². The van der Waals surface area contributed by atoms with E-state index in [2.05, 4.69) is 33.9 Å². The first-order valence-electron chi connectivity index (χ1n) is 9.97. The van der Waals surface area contributed by atoms with E-state index in [1.54, 1.807) is 19.2 Å². The molecule has 0 aromatic heterocycles. The lowest BCUT2D eigenvalue weighted by Crippen LogP contribution is -2.25. The number of hydrogen-bond donors (Lipinski definition) is 1. The van der Waals surface area contributed by atoms with E-state index in [1.165, 1.54) is 11.1 Å². The van der Waals surface area contributed by atoms with Crippen LogP contribution < -0.4 is 9.46 Å². The van der Waals surface area contributed by atoms with Crippen LogP contribution in [0.2, 0.25) is 5.02 Å². The van der Waals surface area contributed by atoms with Gasteiger partial charge in [-0.3, -0.25) is 9.62 Å². The van der Waals surface area contributed by atoms with Gasteiger partial charge in [0.25, 0.3) is 0 Å². The fourth-order valence-corrected chi connectivity index (χ4v) is 3.98. The first-order chi connectivity index (χ1) is 14.8. The molecule has 0 unspecified atom stereocenters. The van der Waals surface area contributed by atoms with Crippen molar-refractivity contribution >= 4 is 27.3 Å². The van der Waals surface area contributed by atoms with Crippen LogP contribution in [-0.2, 0) is 29.5 Å². The molecule has 1 N–H and O–H groups in total. The Labute approximate surface area is 189 Å². The average molecular weight is 459 g/mol. The maximum absolute atomic E-state index is 11.4. The summed E-state index contributed by atoms with van der Waals surface area (Å²) in [6, 6.07) is 23.6. The molecule has 31 heavy (non-hydrogen) atoms. The summed E-state index contributed by atoms with van der Waals surface area (Å²) in [5.74, 6) is 0.843. The third-order valence-electron chi connectivity index (χ3n) is 4.86. The Morgan fingerprint density at radius 3 is 1.87 bits per heavy atom. The molecule has 0 heterocycles. The predicted molar refractivity (Wildman–Crippen MR) is 127 cm³/mol. The number of methoxy groups -OCH3 is 1. The van der Waals surface area contributed by atoms with Crippen molar-refractivity contribution in [3.05, 3.63) is 94.5 Å². The van der Waals surface area contributed by atoms with Crippen molar-refractivity contribution in [3.63, 3.8) is 0 Å². The van der Waals surface area contributed by atoms with Gasteiger partial charge in [0.1, 0.15) is 5.75 Å². The van der Waals surface area contributed by atoms with E-state index < -0.39 is 10.0 Å². The zero-order valence-corrected chi connectivity index (χ0v) is 19.3. The summed E-state index contributed by atoms with van der Waals surface area (Å²) in [6.45, 7) is 2.46. The topological polar surface area (TPSA) is 58.6 Å². The quantitative estimate of drug-likeness (QED) is 0.466. The number of ether oxygens (including phenoxy) is 1. The lowest BCUT2D eigenvalue weighted by molar-refractivity contribution is 0.260. The van der Waals surface area contributed by atoms with Crippen LogP contribution in [0.15, 0.2) is 72.8 Å². The molecule has 3 rings (SSSR count). The number of rotatable bonds is 10. The maximum Gasteiger partial charge on any atom is 0.229 e. The third kappa shape index (κ3) is 7.90. The molecule has 0 amide bonds. The summed E-state index contributed by atoms with van der Waals surface area (Å²) in [5.41, 5.74) is 4.13. The molecule has 0 atom stereocenters. The van der Waals surface area contributed by atoms with Crippen molar-refractivity contribution in [1.82, 2.24) is 4.90 Å². The Kier molecular flexibility index (Phi) is 7.96. The highest BCUT2D eigenvalue weighted by molar-refractivity contribution is 7.92. The van der Waals surface area contributed by atoms with Gasteiger partial charge in [-0.2, -0.15) is 0 Å². The highest BCUT2D eigenvalue weighted by Gasteiger charge is 2.09. The van der Waals surface area contributed by atoms with Gasteiger partial charge in [-0.25, -0.2) is 8.42 Å². The second-order valence-corrected chi connectivity index (χ2v) is 9.69. The minimum absolute atomic E-state index is 0.572. The van der Waals surface area contributed by atoms with Crippen LogP contribution in [-0.4, -0.2) is 33.2 Å². The number of benzene rings is 3. The Hall–Kier alpha value is -2.54. The van der Waals surface area contributed by atoms with Crippen molar-refractivity contribution in [1.29, 1.82) is 0 Å². The van der Waals surface area contributed by atoms with Crippen LogP contribution in [0.5, 0.6) is 5.75 Å². The minimum atomic E-state index is -3.27. The van der Waals surface area contributed by atoms with Gasteiger partial charge < -0.3 is 4.74 Å². The average Bonchev–Trinajstić information content (AvgIpc) is 2.74. The Morgan fingerprint density at radius 1 is 0.839 bits per heavy atom. The van der Waals surface area contributed by atoms with Crippen LogP contribution in [0.25, 0.3) is 0 Å². The second-order valence-electron chi connectivity index (χ2n) is 7.51. The molecule has 0 radical (unpaired) electrons. The molecule has 0 aliphatic carbocycles. The second kappa shape index (κ2) is 10.7. The number of halogens is 1. The van der Waals surface area contributed by atoms with E-state index in [-0.39, 0.29) is 0 Å².